The topological polar surface area (TPSA) is 45.7 Å². The minimum Gasteiger partial charge on any atom is -0.379 e. The molecule has 0 saturated carbocycles. The number of nitrogens with zero attached hydrogens (tertiary/aromatic N) is 3. The lowest BCUT2D eigenvalue weighted by atomic mass is 10.2. The summed E-state index contributed by atoms with van der Waals surface area (Å²) in [5, 5.41) is 1.40. The standard InChI is InChI=1S/C21H22ClN3O2S/c1-15-13-17(22)14-18-19(15)23-21(28-18)25(8-7-24-9-11-27-12-10-24)20(26)16-5-3-2-4-6-16/h2-6,13-14H,7-12H2,1H3. The van der Waals surface area contributed by atoms with Gasteiger partial charge in [-0.3, -0.25) is 14.6 Å². The molecule has 0 aliphatic carbocycles. The third kappa shape index (κ3) is 4.20. The van der Waals surface area contributed by atoms with Crippen molar-refractivity contribution in [1.82, 2.24) is 9.88 Å². The van der Waals surface area contributed by atoms with Crippen molar-refractivity contribution in [2.24, 2.45) is 0 Å². The molecule has 146 valence electrons. The quantitative estimate of drug-likeness (QED) is 0.625. The van der Waals surface area contributed by atoms with Gasteiger partial charge in [0.1, 0.15) is 0 Å². The number of ether oxygens (including phenoxy) is 1. The zero-order valence-corrected chi connectivity index (χ0v) is 17.3. The molecule has 1 fully saturated rings. The molecule has 1 aliphatic rings. The molecule has 0 bridgehead atoms. The molecule has 1 aromatic heterocycles. The summed E-state index contributed by atoms with van der Waals surface area (Å²) in [6, 6.07) is 13.2. The van der Waals surface area contributed by atoms with Gasteiger partial charge in [0.25, 0.3) is 5.91 Å². The van der Waals surface area contributed by atoms with Gasteiger partial charge in [0.2, 0.25) is 0 Å². The Morgan fingerprint density at radius 3 is 2.75 bits per heavy atom. The van der Waals surface area contributed by atoms with E-state index in [4.69, 9.17) is 21.3 Å². The number of benzene rings is 2. The predicted molar refractivity (Wildman–Crippen MR) is 115 cm³/mol. The number of carbonyl (C=O) groups is 1. The van der Waals surface area contributed by atoms with Gasteiger partial charge in [-0.15, -0.1) is 0 Å². The Balaban J connectivity index is 1.65. The third-order valence-corrected chi connectivity index (χ3v) is 6.12. The van der Waals surface area contributed by atoms with Gasteiger partial charge < -0.3 is 4.74 Å². The Bertz CT molecular complexity index is 970. The summed E-state index contributed by atoms with van der Waals surface area (Å²) in [4.78, 5) is 22.2. The first-order valence-electron chi connectivity index (χ1n) is 9.35. The van der Waals surface area contributed by atoms with E-state index in [0.717, 1.165) is 48.6 Å². The zero-order valence-electron chi connectivity index (χ0n) is 15.7. The lowest BCUT2D eigenvalue weighted by molar-refractivity contribution is 0.0391. The van der Waals surface area contributed by atoms with E-state index < -0.39 is 0 Å². The monoisotopic (exact) mass is 415 g/mol. The van der Waals surface area contributed by atoms with Crippen molar-refractivity contribution in [3.05, 3.63) is 58.6 Å². The highest BCUT2D eigenvalue weighted by Crippen LogP contribution is 2.33. The number of aromatic nitrogens is 1. The minimum absolute atomic E-state index is 0.0309. The van der Waals surface area contributed by atoms with Crippen LogP contribution in [0, 0.1) is 6.92 Å². The SMILES string of the molecule is Cc1cc(Cl)cc2sc(N(CCN3CCOCC3)C(=O)c3ccccc3)nc12. The molecule has 0 unspecified atom stereocenters. The first kappa shape index (κ1) is 19.3. The second-order valence-corrected chi connectivity index (χ2v) is 8.29. The van der Waals surface area contributed by atoms with Gasteiger partial charge in [0, 0.05) is 36.8 Å². The van der Waals surface area contributed by atoms with Gasteiger partial charge in [-0.2, -0.15) is 0 Å². The maximum Gasteiger partial charge on any atom is 0.260 e. The predicted octanol–water partition coefficient (Wildman–Crippen LogP) is 4.24. The number of morpholine rings is 1. The molecule has 1 saturated heterocycles. The van der Waals surface area contributed by atoms with Crippen molar-refractivity contribution in [2.45, 2.75) is 6.92 Å². The summed E-state index contributed by atoms with van der Waals surface area (Å²) >= 11 is 7.72. The van der Waals surface area contributed by atoms with Crippen molar-refractivity contribution < 1.29 is 9.53 Å². The second-order valence-electron chi connectivity index (χ2n) is 6.84. The summed E-state index contributed by atoms with van der Waals surface area (Å²) in [5.74, 6) is -0.0309. The first-order valence-corrected chi connectivity index (χ1v) is 10.5. The van der Waals surface area contributed by atoms with Crippen LogP contribution >= 0.6 is 22.9 Å². The minimum atomic E-state index is -0.0309. The smallest absolute Gasteiger partial charge is 0.260 e. The number of halogens is 1. The maximum atomic E-state index is 13.3. The molecule has 4 rings (SSSR count). The van der Waals surface area contributed by atoms with Crippen molar-refractivity contribution in [2.75, 3.05) is 44.3 Å². The molecule has 0 atom stereocenters. The third-order valence-electron chi connectivity index (χ3n) is 4.88. The summed E-state index contributed by atoms with van der Waals surface area (Å²) in [5.41, 5.74) is 2.59. The number of aryl methyl sites for hydroxylation is 1. The van der Waals surface area contributed by atoms with Crippen LogP contribution in [0.1, 0.15) is 15.9 Å². The Morgan fingerprint density at radius 1 is 1.25 bits per heavy atom. The van der Waals surface area contributed by atoms with E-state index in [1.165, 1.54) is 11.3 Å². The molecular formula is C21H22ClN3O2S. The Kier molecular flexibility index (Phi) is 5.92. The molecule has 3 aromatic rings. The first-order chi connectivity index (χ1) is 13.6. The van der Waals surface area contributed by atoms with Gasteiger partial charge in [-0.25, -0.2) is 4.98 Å². The average Bonchev–Trinajstić information content (AvgIpc) is 3.13. The van der Waals surface area contributed by atoms with Crippen LogP contribution in [0.4, 0.5) is 5.13 Å². The molecule has 1 amide bonds. The molecule has 1 aliphatic heterocycles. The van der Waals surface area contributed by atoms with Crippen LogP contribution in [0.25, 0.3) is 10.2 Å². The van der Waals surface area contributed by atoms with Crippen LogP contribution in [-0.2, 0) is 4.74 Å². The zero-order chi connectivity index (χ0) is 19.5. The van der Waals surface area contributed by atoms with Crippen LogP contribution in [0.15, 0.2) is 42.5 Å². The largest absolute Gasteiger partial charge is 0.379 e. The van der Waals surface area contributed by atoms with Crippen LogP contribution < -0.4 is 4.90 Å². The summed E-state index contributed by atoms with van der Waals surface area (Å²) in [6.07, 6.45) is 0. The molecule has 5 nitrogen and oxygen atoms in total. The molecule has 2 aromatic carbocycles. The molecule has 28 heavy (non-hydrogen) atoms. The van der Waals surface area contributed by atoms with Gasteiger partial charge in [-0.05, 0) is 36.8 Å². The van der Waals surface area contributed by atoms with Crippen molar-refractivity contribution in [1.29, 1.82) is 0 Å². The van der Waals surface area contributed by atoms with Gasteiger partial charge in [-0.1, -0.05) is 41.1 Å². The highest BCUT2D eigenvalue weighted by molar-refractivity contribution is 7.22. The summed E-state index contributed by atoms with van der Waals surface area (Å²) in [7, 11) is 0. The number of anilines is 1. The number of amides is 1. The number of thiazole rings is 1. The summed E-state index contributed by atoms with van der Waals surface area (Å²) in [6.45, 7) is 6.63. The van der Waals surface area contributed by atoms with Crippen LogP contribution in [0.3, 0.4) is 0 Å². The van der Waals surface area contributed by atoms with E-state index in [1.54, 1.807) is 4.90 Å². The number of fused-ring (bicyclic) bond motifs is 1. The fourth-order valence-corrected chi connectivity index (χ4v) is 4.79. The van der Waals surface area contributed by atoms with Crippen LogP contribution in [-0.4, -0.2) is 55.2 Å². The fraction of sp³-hybridized carbons (Fsp3) is 0.333. The Hall–Kier alpha value is -1.99. The average molecular weight is 416 g/mol. The number of carbonyl (C=O) groups excluding carboxylic acids is 1. The number of hydrogen-bond donors (Lipinski definition) is 0. The van der Waals surface area contributed by atoms with E-state index >= 15 is 0 Å². The maximum absolute atomic E-state index is 13.3. The van der Waals surface area contributed by atoms with E-state index in [9.17, 15) is 4.79 Å². The molecule has 0 radical (unpaired) electrons. The Morgan fingerprint density at radius 2 is 2.00 bits per heavy atom. The molecular weight excluding hydrogens is 394 g/mol. The molecule has 0 N–H and O–H groups in total. The van der Waals surface area contributed by atoms with Crippen LogP contribution in [0.5, 0.6) is 0 Å². The summed E-state index contributed by atoms with van der Waals surface area (Å²) < 4.78 is 6.42. The van der Waals surface area contributed by atoms with Gasteiger partial charge in [0.15, 0.2) is 5.13 Å². The van der Waals surface area contributed by atoms with E-state index in [2.05, 4.69) is 4.90 Å². The lowest BCUT2D eigenvalue weighted by Gasteiger charge is -2.29. The van der Waals surface area contributed by atoms with Crippen molar-refractivity contribution in [3.8, 4) is 0 Å². The Labute approximate surface area is 173 Å². The van der Waals surface area contributed by atoms with Gasteiger partial charge in [0.05, 0.1) is 23.4 Å². The van der Waals surface area contributed by atoms with E-state index in [0.29, 0.717) is 22.3 Å². The van der Waals surface area contributed by atoms with E-state index in [-0.39, 0.29) is 5.91 Å². The normalized spacial score (nSPS) is 15.1. The second kappa shape index (κ2) is 8.57. The number of hydrogen-bond acceptors (Lipinski definition) is 5. The van der Waals surface area contributed by atoms with Crippen molar-refractivity contribution >= 4 is 44.2 Å². The highest BCUT2D eigenvalue weighted by atomic mass is 35.5. The van der Waals surface area contributed by atoms with Crippen molar-refractivity contribution in [3.63, 3.8) is 0 Å². The van der Waals surface area contributed by atoms with E-state index in [1.807, 2.05) is 49.4 Å². The molecule has 2 heterocycles. The lowest BCUT2D eigenvalue weighted by Crippen LogP contribution is -2.43. The molecule has 0 spiro atoms. The van der Waals surface area contributed by atoms with Gasteiger partial charge >= 0.3 is 0 Å². The fourth-order valence-electron chi connectivity index (χ4n) is 3.34. The molecule has 7 heteroatoms. The van der Waals surface area contributed by atoms with Crippen LogP contribution in [0.2, 0.25) is 5.02 Å². The number of rotatable bonds is 5. The highest BCUT2D eigenvalue weighted by Gasteiger charge is 2.23.